The normalized spacial score (nSPS) is 17.2. The molecule has 30 heavy (non-hydrogen) atoms. The third-order valence-corrected chi connectivity index (χ3v) is 6.16. The Morgan fingerprint density at radius 2 is 2.10 bits per heavy atom. The molecule has 0 radical (unpaired) electrons. The van der Waals surface area contributed by atoms with Crippen LogP contribution in [-0.2, 0) is 9.59 Å². The van der Waals surface area contributed by atoms with Crippen LogP contribution in [0, 0.1) is 0 Å². The number of fused-ring (bicyclic) bond motifs is 2. The number of halogens is 1. The molecular weight excluding hydrogens is 404 g/mol. The van der Waals surface area contributed by atoms with E-state index in [1.165, 1.54) is 10.5 Å². The summed E-state index contributed by atoms with van der Waals surface area (Å²) in [6.45, 7) is 1.25. The molecule has 154 valence electrons. The number of rotatable bonds is 3. The van der Waals surface area contributed by atoms with Gasteiger partial charge in [0.2, 0.25) is 5.91 Å². The third kappa shape index (κ3) is 3.39. The van der Waals surface area contributed by atoms with Gasteiger partial charge in [-0.3, -0.25) is 14.5 Å². The van der Waals surface area contributed by atoms with Crippen LogP contribution in [0.15, 0.2) is 42.7 Å². The van der Waals surface area contributed by atoms with Crippen LogP contribution < -0.4 is 9.64 Å². The van der Waals surface area contributed by atoms with Gasteiger partial charge in [0.15, 0.2) is 6.61 Å². The van der Waals surface area contributed by atoms with Crippen molar-refractivity contribution in [3.63, 3.8) is 0 Å². The summed E-state index contributed by atoms with van der Waals surface area (Å²) in [7, 11) is 0. The summed E-state index contributed by atoms with van der Waals surface area (Å²) >= 11 is 6.09. The van der Waals surface area contributed by atoms with E-state index in [0.717, 1.165) is 23.9 Å². The van der Waals surface area contributed by atoms with Crippen LogP contribution in [0.3, 0.4) is 0 Å². The Labute approximate surface area is 178 Å². The van der Waals surface area contributed by atoms with Gasteiger partial charge in [0.05, 0.1) is 5.69 Å². The molecule has 1 saturated heterocycles. The highest BCUT2D eigenvalue weighted by atomic mass is 35.5. The number of carbonyl (C=O) groups is 2. The van der Waals surface area contributed by atoms with Crippen LogP contribution in [0.4, 0.5) is 5.69 Å². The molecule has 7 nitrogen and oxygen atoms in total. The SMILES string of the molecule is O=C(CN1C(=O)COc2ccc(Cl)cc21)N1CCC(c2c[nH]c3ncccc23)CC1. The van der Waals surface area contributed by atoms with E-state index in [1.54, 1.807) is 24.4 Å². The lowest BCUT2D eigenvalue weighted by Gasteiger charge is -2.35. The standard InChI is InChI=1S/C22H21ClN4O3/c23-15-3-4-19-18(10-15)27(21(29)13-30-19)12-20(28)26-8-5-14(6-9-26)17-11-25-22-16(17)2-1-7-24-22/h1-4,7,10-11,14H,5-6,8-9,12-13H2,(H,24,25). The van der Waals surface area contributed by atoms with Gasteiger partial charge in [-0.15, -0.1) is 0 Å². The summed E-state index contributed by atoms with van der Waals surface area (Å²) in [5.74, 6) is 0.657. The number of carbonyl (C=O) groups excluding carboxylic acids is 2. The smallest absolute Gasteiger partial charge is 0.265 e. The van der Waals surface area contributed by atoms with Crippen molar-refractivity contribution in [3.05, 3.63) is 53.3 Å². The van der Waals surface area contributed by atoms with Crippen molar-refractivity contribution in [1.29, 1.82) is 0 Å². The van der Waals surface area contributed by atoms with E-state index in [9.17, 15) is 9.59 Å². The van der Waals surface area contributed by atoms with E-state index < -0.39 is 0 Å². The maximum absolute atomic E-state index is 13.0. The maximum Gasteiger partial charge on any atom is 0.265 e. The number of benzene rings is 1. The molecule has 0 saturated carbocycles. The Kier molecular flexibility index (Phi) is 4.83. The van der Waals surface area contributed by atoms with E-state index in [0.29, 0.717) is 35.5 Å². The number of piperidine rings is 1. The molecule has 0 aliphatic carbocycles. The van der Waals surface area contributed by atoms with Crippen molar-refractivity contribution in [1.82, 2.24) is 14.9 Å². The Hall–Kier alpha value is -3.06. The molecule has 1 N–H and O–H groups in total. The van der Waals surface area contributed by atoms with Gasteiger partial charge in [-0.25, -0.2) is 4.98 Å². The number of pyridine rings is 1. The second-order valence-corrected chi connectivity index (χ2v) is 8.12. The van der Waals surface area contributed by atoms with Crippen LogP contribution in [0.2, 0.25) is 5.02 Å². The second kappa shape index (κ2) is 7.65. The van der Waals surface area contributed by atoms with Crippen LogP contribution in [0.5, 0.6) is 5.75 Å². The molecule has 4 heterocycles. The lowest BCUT2D eigenvalue weighted by molar-refractivity contribution is -0.132. The van der Waals surface area contributed by atoms with E-state index in [-0.39, 0.29) is 25.0 Å². The first-order chi connectivity index (χ1) is 14.6. The summed E-state index contributed by atoms with van der Waals surface area (Å²) in [4.78, 5) is 36.3. The monoisotopic (exact) mass is 424 g/mol. The van der Waals surface area contributed by atoms with Gasteiger partial charge in [-0.2, -0.15) is 0 Å². The number of amides is 2. The molecular formula is C22H21ClN4O3. The number of hydrogen-bond acceptors (Lipinski definition) is 4. The first kappa shape index (κ1) is 18.9. The Bertz CT molecular complexity index is 1120. The molecule has 0 spiro atoms. The minimum Gasteiger partial charge on any atom is -0.482 e. The van der Waals surface area contributed by atoms with E-state index in [4.69, 9.17) is 16.3 Å². The first-order valence-electron chi connectivity index (χ1n) is 10.0. The number of nitrogens with one attached hydrogen (secondary N) is 1. The van der Waals surface area contributed by atoms with Gasteiger partial charge in [0.1, 0.15) is 17.9 Å². The van der Waals surface area contributed by atoms with Gasteiger partial charge in [0.25, 0.3) is 5.91 Å². The molecule has 2 aliphatic rings. The number of aromatic nitrogens is 2. The summed E-state index contributed by atoms with van der Waals surface area (Å²) in [5.41, 5.74) is 2.71. The fourth-order valence-electron chi connectivity index (χ4n) is 4.34. The highest BCUT2D eigenvalue weighted by Gasteiger charge is 2.31. The van der Waals surface area contributed by atoms with Crippen LogP contribution in [-0.4, -0.2) is 52.9 Å². The summed E-state index contributed by atoms with van der Waals surface area (Å²) < 4.78 is 5.46. The molecule has 8 heteroatoms. The van der Waals surface area contributed by atoms with Crippen molar-refractivity contribution in [2.45, 2.75) is 18.8 Å². The average Bonchev–Trinajstić information content (AvgIpc) is 3.20. The summed E-state index contributed by atoms with van der Waals surface area (Å²) in [6.07, 6.45) is 5.58. The Morgan fingerprint density at radius 3 is 2.93 bits per heavy atom. The molecule has 1 aromatic carbocycles. The van der Waals surface area contributed by atoms with Gasteiger partial charge >= 0.3 is 0 Å². The van der Waals surface area contributed by atoms with Gasteiger partial charge in [-0.1, -0.05) is 11.6 Å². The number of anilines is 1. The maximum atomic E-state index is 13.0. The molecule has 3 aromatic rings. The number of hydrogen-bond donors (Lipinski definition) is 1. The largest absolute Gasteiger partial charge is 0.482 e. The van der Waals surface area contributed by atoms with Gasteiger partial charge < -0.3 is 14.6 Å². The predicted octanol–water partition coefficient (Wildman–Crippen LogP) is 3.35. The van der Waals surface area contributed by atoms with E-state index in [2.05, 4.69) is 16.0 Å². The molecule has 0 unspecified atom stereocenters. The minimum absolute atomic E-state index is 0.00277. The molecule has 5 rings (SSSR count). The minimum atomic E-state index is -0.237. The van der Waals surface area contributed by atoms with Crippen molar-refractivity contribution >= 4 is 40.1 Å². The lowest BCUT2D eigenvalue weighted by atomic mass is 9.89. The van der Waals surface area contributed by atoms with Crippen LogP contribution in [0.1, 0.15) is 24.3 Å². The first-order valence-corrected chi connectivity index (χ1v) is 10.4. The number of ether oxygens (including phenoxy) is 1. The third-order valence-electron chi connectivity index (χ3n) is 5.93. The van der Waals surface area contributed by atoms with Crippen molar-refractivity contribution < 1.29 is 14.3 Å². The number of nitrogens with zero attached hydrogens (tertiary/aromatic N) is 3. The molecule has 0 atom stereocenters. The Morgan fingerprint density at radius 1 is 1.27 bits per heavy atom. The van der Waals surface area contributed by atoms with Crippen LogP contribution >= 0.6 is 11.6 Å². The number of likely N-dealkylation sites (tertiary alicyclic amines) is 1. The lowest BCUT2D eigenvalue weighted by Crippen LogP contribution is -2.48. The van der Waals surface area contributed by atoms with Crippen molar-refractivity contribution in [2.75, 3.05) is 31.1 Å². The van der Waals surface area contributed by atoms with Crippen LogP contribution in [0.25, 0.3) is 11.0 Å². The molecule has 1 fully saturated rings. The molecule has 2 aromatic heterocycles. The zero-order valence-corrected chi connectivity index (χ0v) is 17.1. The highest BCUT2D eigenvalue weighted by Crippen LogP contribution is 2.35. The number of H-pyrrole nitrogens is 1. The summed E-state index contributed by atoms with van der Waals surface area (Å²) in [6, 6.07) is 9.13. The Balaban J connectivity index is 1.27. The van der Waals surface area contributed by atoms with Crippen molar-refractivity contribution in [2.24, 2.45) is 0 Å². The number of aromatic amines is 1. The fourth-order valence-corrected chi connectivity index (χ4v) is 4.51. The fraction of sp³-hybridized carbons (Fsp3) is 0.318. The topological polar surface area (TPSA) is 78.5 Å². The molecule has 2 aliphatic heterocycles. The van der Waals surface area contributed by atoms with Crippen molar-refractivity contribution in [3.8, 4) is 5.75 Å². The van der Waals surface area contributed by atoms with Gasteiger partial charge in [-0.05, 0) is 54.7 Å². The molecule has 2 amide bonds. The zero-order valence-electron chi connectivity index (χ0n) is 16.3. The van der Waals surface area contributed by atoms with E-state index in [1.807, 2.05) is 17.2 Å². The molecule has 0 bridgehead atoms. The predicted molar refractivity (Wildman–Crippen MR) is 114 cm³/mol. The van der Waals surface area contributed by atoms with Gasteiger partial charge in [0, 0.05) is 35.9 Å². The zero-order chi connectivity index (χ0) is 20.7. The highest BCUT2D eigenvalue weighted by molar-refractivity contribution is 6.31. The second-order valence-electron chi connectivity index (χ2n) is 7.68. The van der Waals surface area contributed by atoms with E-state index >= 15 is 0 Å². The summed E-state index contributed by atoms with van der Waals surface area (Å²) in [5, 5.41) is 1.65. The average molecular weight is 425 g/mol. The quantitative estimate of drug-likeness (QED) is 0.699.